The molecule has 4 rings (SSSR count). The number of nitrogens with one attached hydrogen (secondary N) is 1. The number of aromatic nitrogens is 2. The lowest BCUT2D eigenvalue weighted by atomic mass is 9.96. The van der Waals surface area contributed by atoms with Crippen LogP contribution in [0.3, 0.4) is 0 Å². The van der Waals surface area contributed by atoms with Gasteiger partial charge in [0.25, 0.3) is 12.9 Å². The highest BCUT2D eigenvalue weighted by atomic mass is 32.2. The number of sulfonamides is 1. The molecule has 1 aromatic carbocycles. The average Bonchev–Trinajstić information content (AvgIpc) is 3.56. The minimum absolute atomic E-state index is 0.0776. The Morgan fingerprint density at radius 3 is 2.40 bits per heavy atom. The third kappa shape index (κ3) is 5.35. The summed E-state index contributed by atoms with van der Waals surface area (Å²) in [6.07, 6.45) is -2.55. The summed E-state index contributed by atoms with van der Waals surface area (Å²) in [4.78, 5) is 3.95. The fourth-order valence-electron chi connectivity index (χ4n) is 4.13. The number of rotatable bonds is 8. The standard InChI is InChI=1S/C24H26F5N3O2S/c1-24(2,3)12-32-11-17(21(23(28)29)31-35(33,34)13-6-7-13)15-9-18(25)16(10-19(15)32)20-14(22(26)27)5-4-8-30-20/h4-5,8-11,13,21-23,31H,6-7,12H2,1-3H3/t21-/m0/s1. The van der Waals surface area contributed by atoms with Gasteiger partial charge in [-0.05, 0) is 42.5 Å². The van der Waals surface area contributed by atoms with E-state index in [1.807, 2.05) is 20.8 Å². The molecule has 0 spiro atoms. The molecule has 35 heavy (non-hydrogen) atoms. The topological polar surface area (TPSA) is 64.0 Å². The van der Waals surface area contributed by atoms with Crippen molar-refractivity contribution in [3.8, 4) is 11.3 Å². The van der Waals surface area contributed by atoms with Crippen molar-refractivity contribution in [1.82, 2.24) is 14.3 Å². The Morgan fingerprint density at radius 2 is 1.83 bits per heavy atom. The van der Waals surface area contributed by atoms with E-state index in [2.05, 4.69) is 9.71 Å². The molecule has 1 aliphatic carbocycles. The van der Waals surface area contributed by atoms with Gasteiger partial charge in [0.05, 0.1) is 10.9 Å². The van der Waals surface area contributed by atoms with E-state index < -0.39 is 45.5 Å². The average molecular weight is 516 g/mol. The largest absolute Gasteiger partial charge is 0.347 e. The number of alkyl halides is 4. The minimum atomic E-state index is -3.98. The molecule has 0 saturated heterocycles. The van der Waals surface area contributed by atoms with Crippen LogP contribution in [-0.2, 0) is 16.6 Å². The fourth-order valence-corrected chi connectivity index (χ4v) is 5.66. The van der Waals surface area contributed by atoms with E-state index in [9.17, 15) is 26.0 Å². The first kappa shape index (κ1) is 25.6. The van der Waals surface area contributed by atoms with Gasteiger partial charge in [0.1, 0.15) is 11.9 Å². The zero-order valence-corrected chi connectivity index (χ0v) is 20.2. The predicted molar refractivity (Wildman–Crippen MR) is 123 cm³/mol. The van der Waals surface area contributed by atoms with Gasteiger partial charge in [-0.25, -0.2) is 35.1 Å². The number of pyridine rings is 1. The molecular formula is C24H26F5N3O2S. The van der Waals surface area contributed by atoms with E-state index in [1.165, 1.54) is 24.5 Å². The summed E-state index contributed by atoms with van der Waals surface area (Å²) in [6.45, 7) is 6.06. The number of hydrogen-bond donors (Lipinski definition) is 1. The van der Waals surface area contributed by atoms with Crippen molar-refractivity contribution in [2.24, 2.45) is 5.41 Å². The highest BCUT2D eigenvalue weighted by molar-refractivity contribution is 7.90. The quantitative estimate of drug-likeness (QED) is 0.363. The Labute approximate surface area is 200 Å². The van der Waals surface area contributed by atoms with Crippen LogP contribution in [0.15, 0.2) is 36.7 Å². The van der Waals surface area contributed by atoms with Gasteiger partial charge in [0.15, 0.2) is 0 Å². The zero-order valence-electron chi connectivity index (χ0n) is 19.4. The third-order valence-electron chi connectivity index (χ3n) is 5.82. The Kier molecular flexibility index (Phi) is 6.69. The van der Waals surface area contributed by atoms with Crippen LogP contribution in [0.1, 0.15) is 57.2 Å². The Hall–Kier alpha value is -2.53. The SMILES string of the molecule is CC(C)(C)Cn1cc([C@H](NS(=O)(=O)C2CC2)C(F)F)c2cc(F)c(-c3ncccc3C(F)F)cc21. The van der Waals surface area contributed by atoms with Crippen molar-refractivity contribution in [3.63, 3.8) is 0 Å². The van der Waals surface area contributed by atoms with E-state index in [0.717, 1.165) is 12.1 Å². The molecule has 190 valence electrons. The predicted octanol–water partition coefficient (Wildman–Crippen LogP) is 6.21. The molecule has 1 aliphatic rings. The van der Waals surface area contributed by atoms with E-state index in [0.29, 0.717) is 24.9 Å². The lowest BCUT2D eigenvalue weighted by Crippen LogP contribution is -2.35. The van der Waals surface area contributed by atoms with Gasteiger partial charge in [0.2, 0.25) is 10.0 Å². The van der Waals surface area contributed by atoms with Gasteiger partial charge in [-0.15, -0.1) is 0 Å². The lowest BCUT2D eigenvalue weighted by Gasteiger charge is -2.20. The van der Waals surface area contributed by atoms with Gasteiger partial charge in [-0.3, -0.25) is 4.98 Å². The highest BCUT2D eigenvalue weighted by Gasteiger charge is 2.40. The first-order valence-corrected chi connectivity index (χ1v) is 12.7. The summed E-state index contributed by atoms with van der Waals surface area (Å²) in [6, 6.07) is 2.88. The second-order valence-electron chi connectivity index (χ2n) is 10.0. The normalized spacial score (nSPS) is 15.9. The first-order chi connectivity index (χ1) is 16.3. The van der Waals surface area contributed by atoms with Gasteiger partial charge in [-0.2, -0.15) is 0 Å². The van der Waals surface area contributed by atoms with Crippen molar-refractivity contribution < 1.29 is 30.4 Å². The summed E-state index contributed by atoms with van der Waals surface area (Å²) < 4.78 is 99.4. The molecule has 0 radical (unpaired) electrons. The smallest absolute Gasteiger partial charge is 0.265 e. The lowest BCUT2D eigenvalue weighted by molar-refractivity contribution is 0.109. The minimum Gasteiger partial charge on any atom is -0.347 e. The molecule has 1 N–H and O–H groups in total. The van der Waals surface area contributed by atoms with Crippen LogP contribution >= 0.6 is 0 Å². The second kappa shape index (κ2) is 9.16. The van der Waals surface area contributed by atoms with E-state index in [1.54, 1.807) is 4.57 Å². The third-order valence-corrected chi connectivity index (χ3v) is 7.75. The van der Waals surface area contributed by atoms with E-state index in [4.69, 9.17) is 0 Å². The number of nitrogens with zero attached hydrogens (tertiary/aromatic N) is 2. The molecule has 0 aliphatic heterocycles. The molecule has 2 heterocycles. The Balaban J connectivity index is 1.92. The van der Waals surface area contributed by atoms with Crippen molar-refractivity contribution in [3.05, 3.63) is 53.6 Å². The Bertz CT molecular complexity index is 1350. The Morgan fingerprint density at radius 1 is 1.14 bits per heavy atom. The van der Waals surface area contributed by atoms with Crippen LogP contribution in [-0.4, -0.2) is 29.6 Å². The van der Waals surface area contributed by atoms with Gasteiger partial charge >= 0.3 is 0 Å². The molecular weight excluding hydrogens is 489 g/mol. The van der Waals surface area contributed by atoms with Gasteiger partial charge < -0.3 is 4.57 Å². The summed E-state index contributed by atoms with van der Waals surface area (Å²) in [5, 5.41) is -0.638. The first-order valence-electron chi connectivity index (χ1n) is 11.1. The molecule has 0 amide bonds. The van der Waals surface area contributed by atoms with Crippen LogP contribution in [0, 0.1) is 11.2 Å². The van der Waals surface area contributed by atoms with Crippen LogP contribution in [0.25, 0.3) is 22.2 Å². The van der Waals surface area contributed by atoms with Gasteiger partial charge in [0, 0.05) is 46.5 Å². The van der Waals surface area contributed by atoms with Crippen LogP contribution < -0.4 is 4.72 Å². The van der Waals surface area contributed by atoms with Crippen LogP contribution in [0.5, 0.6) is 0 Å². The maximum atomic E-state index is 15.3. The van der Waals surface area contributed by atoms with Crippen LogP contribution in [0.2, 0.25) is 0 Å². The molecule has 5 nitrogen and oxygen atoms in total. The summed E-state index contributed by atoms with van der Waals surface area (Å²) in [7, 11) is -3.98. The molecule has 2 aromatic heterocycles. The van der Waals surface area contributed by atoms with Crippen molar-refractivity contribution in [1.29, 1.82) is 0 Å². The number of hydrogen-bond acceptors (Lipinski definition) is 3. The summed E-state index contributed by atoms with van der Waals surface area (Å²) in [5.41, 5.74) is -0.989. The maximum absolute atomic E-state index is 15.3. The molecule has 1 saturated carbocycles. The fraction of sp³-hybridized carbons (Fsp3) is 0.458. The van der Waals surface area contributed by atoms with Crippen molar-refractivity contribution >= 4 is 20.9 Å². The maximum Gasteiger partial charge on any atom is 0.265 e. The molecule has 11 heteroatoms. The molecule has 0 unspecified atom stereocenters. The molecule has 1 fully saturated rings. The van der Waals surface area contributed by atoms with Gasteiger partial charge in [-0.1, -0.05) is 20.8 Å². The zero-order chi connectivity index (χ0) is 25.7. The van der Waals surface area contributed by atoms with Crippen LogP contribution in [0.4, 0.5) is 22.0 Å². The monoisotopic (exact) mass is 515 g/mol. The number of halogens is 5. The van der Waals surface area contributed by atoms with E-state index >= 15 is 4.39 Å². The van der Waals surface area contributed by atoms with Crippen molar-refractivity contribution in [2.75, 3.05) is 0 Å². The molecule has 3 aromatic rings. The number of benzene rings is 1. The van der Waals surface area contributed by atoms with Crippen molar-refractivity contribution in [2.45, 2.75) is 64.3 Å². The summed E-state index contributed by atoms with van der Waals surface area (Å²) >= 11 is 0. The molecule has 1 atom stereocenters. The van der Waals surface area contributed by atoms with E-state index in [-0.39, 0.29) is 27.6 Å². The molecule has 0 bridgehead atoms. The number of fused-ring (bicyclic) bond motifs is 1. The second-order valence-corrected chi connectivity index (χ2v) is 12.0. The summed E-state index contributed by atoms with van der Waals surface area (Å²) in [5.74, 6) is -0.925. The highest BCUT2D eigenvalue weighted by Crippen LogP contribution is 2.39.